The Hall–Kier alpha value is -3.10. The van der Waals surface area contributed by atoms with Crippen LogP contribution in [0.1, 0.15) is 15.9 Å². The lowest BCUT2D eigenvalue weighted by molar-refractivity contribution is -0.115. The molecular weight excluding hydrogens is 517 g/mol. The van der Waals surface area contributed by atoms with Gasteiger partial charge in [0.1, 0.15) is 5.75 Å². The van der Waals surface area contributed by atoms with E-state index >= 15 is 0 Å². The van der Waals surface area contributed by atoms with E-state index < -0.39 is 5.91 Å². The van der Waals surface area contributed by atoms with Crippen LogP contribution in [-0.4, -0.2) is 24.0 Å². The van der Waals surface area contributed by atoms with E-state index in [2.05, 4.69) is 16.0 Å². The van der Waals surface area contributed by atoms with Gasteiger partial charge in [-0.25, -0.2) is 0 Å². The molecule has 2 amide bonds. The van der Waals surface area contributed by atoms with E-state index in [1.165, 1.54) is 13.2 Å². The van der Waals surface area contributed by atoms with Crippen LogP contribution in [0.4, 0.5) is 11.4 Å². The number of hydrogen-bond donors (Lipinski definition) is 3. The monoisotopic (exact) mass is 533 g/mol. The molecule has 0 aromatic heterocycles. The van der Waals surface area contributed by atoms with Crippen molar-refractivity contribution in [2.45, 2.75) is 0 Å². The predicted molar refractivity (Wildman–Crippen MR) is 142 cm³/mol. The Bertz CT molecular complexity index is 1280. The number of methoxy groups -OCH3 is 1. The summed E-state index contributed by atoms with van der Waals surface area (Å²) >= 11 is 23.2. The zero-order valence-corrected chi connectivity index (χ0v) is 20.8. The number of hydrogen-bond acceptors (Lipinski definition) is 4. The van der Waals surface area contributed by atoms with Crippen LogP contribution in [0.15, 0.2) is 66.7 Å². The minimum atomic E-state index is -0.445. The van der Waals surface area contributed by atoms with Crippen molar-refractivity contribution >= 4 is 81.4 Å². The first-order valence-electron chi connectivity index (χ1n) is 9.76. The van der Waals surface area contributed by atoms with Gasteiger partial charge in [0.25, 0.3) is 5.91 Å². The van der Waals surface area contributed by atoms with Gasteiger partial charge in [-0.1, -0.05) is 53.0 Å². The first-order valence-corrected chi connectivity index (χ1v) is 11.3. The number of carbonyl (C=O) groups is 2. The maximum Gasteiger partial charge on any atom is 0.257 e. The molecule has 0 aliphatic carbocycles. The Balaban J connectivity index is 1.62. The fourth-order valence-electron chi connectivity index (χ4n) is 2.83. The Morgan fingerprint density at radius 1 is 0.941 bits per heavy atom. The first kappa shape index (κ1) is 25.5. The normalized spacial score (nSPS) is 10.6. The molecule has 0 aliphatic rings. The van der Waals surface area contributed by atoms with Crippen molar-refractivity contribution in [2.75, 3.05) is 17.7 Å². The lowest BCUT2D eigenvalue weighted by Gasteiger charge is -2.14. The number of benzene rings is 3. The number of nitrogens with one attached hydrogen (secondary N) is 3. The lowest BCUT2D eigenvalue weighted by Crippen LogP contribution is -2.32. The van der Waals surface area contributed by atoms with Gasteiger partial charge in [-0.15, -0.1) is 0 Å². The molecule has 0 fully saturated rings. The van der Waals surface area contributed by atoms with Crippen molar-refractivity contribution in [1.29, 1.82) is 0 Å². The van der Waals surface area contributed by atoms with Crippen LogP contribution in [0.3, 0.4) is 0 Å². The maximum absolute atomic E-state index is 12.5. The number of carbonyl (C=O) groups excluding carboxylic acids is 2. The van der Waals surface area contributed by atoms with Crippen LogP contribution in [0.25, 0.3) is 6.08 Å². The van der Waals surface area contributed by atoms with Gasteiger partial charge in [0.15, 0.2) is 5.11 Å². The molecule has 174 valence electrons. The van der Waals surface area contributed by atoms with Crippen molar-refractivity contribution < 1.29 is 14.3 Å². The summed E-state index contributed by atoms with van der Waals surface area (Å²) in [6.45, 7) is 0. The van der Waals surface area contributed by atoms with E-state index in [0.29, 0.717) is 43.3 Å². The van der Waals surface area contributed by atoms with Crippen molar-refractivity contribution in [2.24, 2.45) is 0 Å². The summed E-state index contributed by atoms with van der Waals surface area (Å²) in [7, 11) is 1.47. The van der Waals surface area contributed by atoms with E-state index in [0.717, 1.165) is 0 Å². The molecular formula is C24H18Cl3N3O3S. The van der Waals surface area contributed by atoms with E-state index in [1.54, 1.807) is 66.7 Å². The third-order valence-corrected chi connectivity index (χ3v) is 5.54. The van der Waals surface area contributed by atoms with Crippen molar-refractivity contribution in [3.05, 3.63) is 92.9 Å². The van der Waals surface area contributed by atoms with Crippen LogP contribution in [0.5, 0.6) is 5.75 Å². The highest BCUT2D eigenvalue weighted by molar-refractivity contribution is 7.80. The number of rotatable bonds is 6. The molecule has 0 unspecified atom stereocenters. The Kier molecular flexibility index (Phi) is 8.90. The van der Waals surface area contributed by atoms with Gasteiger partial charge in [-0.3, -0.25) is 14.9 Å². The topological polar surface area (TPSA) is 79.5 Å². The van der Waals surface area contributed by atoms with Crippen molar-refractivity contribution in [3.8, 4) is 5.75 Å². The lowest BCUT2D eigenvalue weighted by atomic mass is 10.2. The Labute approximate surface area is 216 Å². The van der Waals surface area contributed by atoms with Gasteiger partial charge < -0.3 is 15.4 Å². The summed E-state index contributed by atoms with van der Waals surface area (Å²) in [5.41, 5.74) is 1.96. The molecule has 10 heteroatoms. The molecule has 0 heterocycles. The zero-order valence-electron chi connectivity index (χ0n) is 17.7. The van der Waals surface area contributed by atoms with E-state index in [4.69, 9.17) is 51.8 Å². The Morgan fingerprint density at radius 2 is 1.71 bits per heavy atom. The predicted octanol–water partition coefficient (Wildman–Crippen LogP) is 6.43. The molecule has 0 aliphatic heterocycles. The summed E-state index contributed by atoms with van der Waals surface area (Å²) < 4.78 is 5.37. The molecule has 0 atom stereocenters. The summed E-state index contributed by atoms with van der Waals surface area (Å²) in [4.78, 5) is 24.7. The molecule has 3 rings (SSSR count). The van der Waals surface area contributed by atoms with Crippen molar-refractivity contribution in [3.63, 3.8) is 0 Å². The van der Waals surface area contributed by atoms with Crippen LogP contribution >= 0.6 is 47.0 Å². The number of halogens is 3. The highest BCUT2D eigenvalue weighted by atomic mass is 35.5. The second-order valence-corrected chi connectivity index (χ2v) is 8.45. The molecule has 34 heavy (non-hydrogen) atoms. The summed E-state index contributed by atoms with van der Waals surface area (Å²) in [6.07, 6.45) is 2.85. The largest absolute Gasteiger partial charge is 0.494 e. The molecule has 6 nitrogen and oxygen atoms in total. The minimum Gasteiger partial charge on any atom is -0.494 e. The van der Waals surface area contributed by atoms with Gasteiger partial charge >= 0.3 is 0 Å². The second kappa shape index (κ2) is 11.9. The SMILES string of the molecule is COc1cc(NC(=S)NC(=O)/C=C/c2ccc(Cl)cc2Cl)ccc1NC(=O)c1ccccc1Cl. The number of thiocarbonyl (C=S) groups is 1. The van der Waals surface area contributed by atoms with E-state index in [9.17, 15) is 9.59 Å². The average molecular weight is 535 g/mol. The average Bonchev–Trinajstić information content (AvgIpc) is 2.79. The summed E-state index contributed by atoms with van der Waals surface area (Å²) in [5.74, 6) is -0.434. The Morgan fingerprint density at radius 3 is 2.41 bits per heavy atom. The second-order valence-electron chi connectivity index (χ2n) is 6.79. The highest BCUT2D eigenvalue weighted by Crippen LogP contribution is 2.29. The van der Waals surface area contributed by atoms with Gasteiger partial charge in [-0.05, 0) is 60.3 Å². The molecule has 3 aromatic carbocycles. The molecule has 0 spiro atoms. The number of anilines is 2. The third kappa shape index (κ3) is 6.95. The first-order chi connectivity index (χ1) is 16.3. The standard InChI is InChI=1S/C24H18Cl3N3O3S/c1-33-21-13-16(9-10-20(21)29-23(32)17-4-2-3-5-18(17)26)28-24(34)30-22(31)11-7-14-6-8-15(25)12-19(14)27/h2-13H,1H3,(H,29,32)(H2,28,30,31,34)/b11-7+. The van der Waals surface area contributed by atoms with Crippen molar-refractivity contribution in [1.82, 2.24) is 5.32 Å². The van der Waals surface area contributed by atoms with E-state index in [-0.39, 0.29) is 11.0 Å². The van der Waals surface area contributed by atoms with Crippen LogP contribution in [0, 0.1) is 0 Å². The maximum atomic E-state index is 12.5. The molecule has 0 radical (unpaired) electrons. The summed E-state index contributed by atoms with van der Waals surface area (Å²) in [5, 5.41) is 9.54. The fourth-order valence-corrected chi connectivity index (χ4v) is 3.74. The number of amides is 2. The van der Waals surface area contributed by atoms with Gasteiger partial charge in [0, 0.05) is 27.9 Å². The van der Waals surface area contributed by atoms with Gasteiger partial charge in [-0.2, -0.15) is 0 Å². The smallest absolute Gasteiger partial charge is 0.257 e. The molecule has 0 saturated carbocycles. The zero-order chi connectivity index (χ0) is 24.7. The molecule has 0 saturated heterocycles. The summed E-state index contributed by atoms with van der Waals surface area (Å²) in [6, 6.07) is 16.6. The van der Waals surface area contributed by atoms with Crippen LogP contribution in [-0.2, 0) is 4.79 Å². The van der Waals surface area contributed by atoms with Gasteiger partial charge in [0.2, 0.25) is 5.91 Å². The quantitative estimate of drug-likeness (QED) is 0.251. The van der Waals surface area contributed by atoms with Crippen LogP contribution < -0.4 is 20.7 Å². The van der Waals surface area contributed by atoms with Crippen LogP contribution in [0.2, 0.25) is 15.1 Å². The molecule has 3 aromatic rings. The fraction of sp³-hybridized carbons (Fsp3) is 0.0417. The van der Waals surface area contributed by atoms with Gasteiger partial charge in [0.05, 0.1) is 23.4 Å². The third-order valence-electron chi connectivity index (χ3n) is 4.44. The van der Waals surface area contributed by atoms with E-state index in [1.807, 2.05) is 0 Å². The molecule has 3 N–H and O–H groups in total. The number of ether oxygens (including phenoxy) is 1. The minimum absolute atomic E-state index is 0.0757. The highest BCUT2D eigenvalue weighted by Gasteiger charge is 2.13. The molecule has 0 bridgehead atoms.